The first-order chi connectivity index (χ1) is 13.9. The molecule has 6 heteroatoms. The van der Waals surface area contributed by atoms with Crippen molar-refractivity contribution in [3.05, 3.63) is 47.7 Å². The maximum absolute atomic E-state index is 5.86. The Labute approximate surface area is 174 Å². The van der Waals surface area contributed by atoms with E-state index in [0.717, 1.165) is 31.4 Å². The van der Waals surface area contributed by atoms with Crippen LogP contribution in [0.5, 0.6) is 0 Å². The van der Waals surface area contributed by atoms with Gasteiger partial charge in [0.25, 0.3) is 0 Å². The van der Waals surface area contributed by atoms with E-state index in [1.165, 1.54) is 24.1 Å². The molecule has 2 aromatic rings. The molecule has 1 aliphatic rings. The van der Waals surface area contributed by atoms with Crippen LogP contribution in [0.1, 0.15) is 70.7 Å². The zero-order valence-electron chi connectivity index (χ0n) is 18.5. The van der Waals surface area contributed by atoms with Gasteiger partial charge in [-0.05, 0) is 44.4 Å². The van der Waals surface area contributed by atoms with Gasteiger partial charge in [0.05, 0.1) is 12.2 Å². The van der Waals surface area contributed by atoms with Crippen LogP contribution in [0.25, 0.3) is 0 Å². The molecule has 0 radical (unpaired) electrons. The van der Waals surface area contributed by atoms with E-state index in [1.807, 2.05) is 0 Å². The zero-order valence-corrected chi connectivity index (χ0v) is 18.5. The topological polar surface area (TPSA) is 65.7 Å². The van der Waals surface area contributed by atoms with Crippen LogP contribution >= 0.6 is 0 Å². The molecule has 29 heavy (non-hydrogen) atoms. The molecule has 1 aliphatic heterocycles. The molecular formula is C23H35N5O. The van der Waals surface area contributed by atoms with Crippen molar-refractivity contribution in [3.63, 3.8) is 0 Å². The highest BCUT2D eigenvalue weighted by atomic mass is 16.4. The summed E-state index contributed by atoms with van der Waals surface area (Å²) in [6.07, 6.45) is 4.37. The van der Waals surface area contributed by atoms with Crippen molar-refractivity contribution in [1.29, 1.82) is 0 Å². The molecule has 2 N–H and O–H groups in total. The van der Waals surface area contributed by atoms with Gasteiger partial charge >= 0.3 is 0 Å². The standard InChI is InChI=1S/C23H35N5O/c1-6-24-22(26-16-21-25-15-20(29-21)23(3,4)5)27-17(2)18-10-9-11-19(14-18)28-12-7-8-13-28/h9-11,14-15,17H,6-8,12-13,16H2,1-5H3,(H2,24,26,27). The first-order valence-electron chi connectivity index (χ1n) is 10.7. The lowest BCUT2D eigenvalue weighted by Crippen LogP contribution is -2.38. The van der Waals surface area contributed by atoms with Crippen LogP contribution in [0.15, 0.2) is 39.9 Å². The minimum Gasteiger partial charge on any atom is -0.443 e. The van der Waals surface area contributed by atoms with Gasteiger partial charge in [0, 0.05) is 30.7 Å². The second-order valence-corrected chi connectivity index (χ2v) is 8.72. The fraction of sp³-hybridized carbons (Fsp3) is 0.565. The van der Waals surface area contributed by atoms with Crippen molar-refractivity contribution in [1.82, 2.24) is 15.6 Å². The largest absolute Gasteiger partial charge is 0.443 e. The Hall–Kier alpha value is -2.50. The lowest BCUT2D eigenvalue weighted by Gasteiger charge is -2.22. The summed E-state index contributed by atoms with van der Waals surface area (Å²) in [5.41, 5.74) is 2.52. The number of rotatable bonds is 6. The van der Waals surface area contributed by atoms with Gasteiger partial charge in [-0.25, -0.2) is 9.98 Å². The van der Waals surface area contributed by atoms with Crippen LogP contribution in [-0.2, 0) is 12.0 Å². The molecule has 1 saturated heterocycles. The van der Waals surface area contributed by atoms with Gasteiger partial charge in [0.2, 0.25) is 5.89 Å². The maximum atomic E-state index is 5.86. The summed E-state index contributed by atoms with van der Waals surface area (Å²) in [4.78, 5) is 11.5. The Bertz CT molecular complexity index is 815. The maximum Gasteiger partial charge on any atom is 0.216 e. The molecule has 2 heterocycles. The zero-order chi connectivity index (χ0) is 20.9. The Morgan fingerprint density at radius 2 is 2.03 bits per heavy atom. The highest BCUT2D eigenvalue weighted by molar-refractivity contribution is 5.80. The van der Waals surface area contributed by atoms with Gasteiger partial charge in [-0.1, -0.05) is 32.9 Å². The molecule has 0 aliphatic carbocycles. The first-order valence-corrected chi connectivity index (χ1v) is 10.7. The van der Waals surface area contributed by atoms with Crippen LogP contribution in [0, 0.1) is 0 Å². The third-order valence-corrected chi connectivity index (χ3v) is 5.20. The average molecular weight is 398 g/mol. The summed E-state index contributed by atoms with van der Waals surface area (Å²) in [7, 11) is 0. The van der Waals surface area contributed by atoms with Crippen molar-refractivity contribution in [3.8, 4) is 0 Å². The second kappa shape index (κ2) is 9.33. The Balaban J connectivity index is 1.67. The van der Waals surface area contributed by atoms with Gasteiger partial charge in [-0.15, -0.1) is 0 Å². The third kappa shape index (κ3) is 5.75. The molecule has 1 atom stereocenters. The van der Waals surface area contributed by atoms with E-state index in [0.29, 0.717) is 12.4 Å². The smallest absolute Gasteiger partial charge is 0.216 e. The Kier molecular flexibility index (Phi) is 6.83. The van der Waals surface area contributed by atoms with Gasteiger partial charge in [-0.2, -0.15) is 0 Å². The minimum atomic E-state index is -0.0490. The highest BCUT2D eigenvalue weighted by Crippen LogP contribution is 2.24. The summed E-state index contributed by atoms with van der Waals surface area (Å²) in [6, 6.07) is 8.95. The van der Waals surface area contributed by atoms with E-state index in [1.54, 1.807) is 6.20 Å². The highest BCUT2D eigenvalue weighted by Gasteiger charge is 2.19. The lowest BCUT2D eigenvalue weighted by molar-refractivity contribution is 0.383. The van der Waals surface area contributed by atoms with Crippen LogP contribution < -0.4 is 15.5 Å². The number of anilines is 1. The lowest BCUT2D eigenvalue weighted by atomic mass is 9.94. The van der Waals surface area contributed by atoms with E-state index in [-0.39, 0.29) is 11.5 Å². The van der Waals surface area contributed by atoms with Crippen molar-refractivity contribution in [2.24, 2.45) is 4.99 Å². The van der Waals surface area contributed by atoms with Crippen LogP contribution in [0.4, 0.5) is 5.69 Å². The number of nitrogens with one attached hydrogen (secondary N) is 2. The average Bonchev–Trinajstić information content (AvgIpc) is 3.38. The molecular weight excluding hydrogens is 362 g/mol. The molecule has 0 saturated carbocycles. The molecule has 1 aromatic heterocycles. The number of benzene rings is 1. The molecule has 1 unspecified atom stereocenters. The summed E-state index contributed by atoms with van der Waals surface area (Å²) in [5.74, 6) is 2.28. The number of hydrogen-bond acceptors (Lipinski definition) is 4. The Morgan fingerprint density at radius 1 is 1.28 bits per heavy atom. The first kappa shape index (κ1) is 21.2. The van der Waals surface area contributed by atoms with Crippen LogP contribution in [-0.4, -0.2) is 30.6 Å². The molecule has 0 amide bonds. The molecule has 1 aromatic carbocycles. The van der Waals surface area contributed by atoms with Crippen molar-refractivity contribution in [2.75, 3.05) is 24.5 Å². The van der Waals surface area contributed by atoms with Gasteiger partial charge in [0.15, 0.2) is 5.96 Å². The van der Waals surface area contributed by atoms with E-state index in [2.05, 4.69) is 84.4 Å². The summed E-state index contributed by atoms with van der Waals surface area (Å²) in [6.45, 7) is 14.1. The fourth-order valence-electron chi connectivity index (χ4n) is 3.45. The number of aromatic nitrogens is 1. The molecule has 0 bridgehead atoms. The number of oxazole rings is 1. The number of aliphatic imine (C=N–C) groups is 1. The SMILES string of the molecule is CCNC(=NCc1ncc(C(C)(C)C)o1)NC(C)c1cccc(N2CCCC2)c1. The van der Waals surface area contributed by atoms with Gasteiger partial charge < -0.3 is 20.0 Å². The van der Waals surface area contributed by atoms with Gasteiger partial charge in [-0.3, -0.25) is 0 Å². The fourth-order valence-corrected chi connectivity index (χ4v) is 3.45. The third-order valence-electron chi connectivity index (χ3n) is 5.20. The summed E-state index contributed by atoms with van der Waals surface area (Å²) >= 11 is 0. The number of nitrogens with zero attached hydrogens (tertiary/aromatic N) is 3. The number of guanidine groups is 1. The molecule has 0 spiro atoms. The normalized spacial score (nSPS) is 16.2. The van der Waals surface area contributed by atoms with E-state index < -0.39 is 0 Å². The van der Waals surface area contributed by atoms with Crippen molar-refractivity contribution < 1.29 is 4.42 Å². The van der Waals surface area contributed by atoms with E-state index in [4.69, 9.17) is 4.42 Å². The monoisotopic (exact) mass is 397 g/mol. The molecule has 6 nitrogen and oxygen atoms in total. The second-order valence-electron chi connectivity index (χ2n) is 8.72. The molecule has 158 valence electrons. The predicted molar refractivity (Wildman–Crippen MR) is 119 cm³/mol. The predicted octanol–water partition coefficient (Wildman–Crippen LogP) is 4.39. The van der Waals surface area contributed by atoms with E-state index >= 15 is 0 Å². The quantitative estimate of drug-likeness (QED) is 0.559. The summed E-state index contributed by atoms with van der Waals surface area (Å²) < 4.78 is 5.86. The van der Waals surface area contributed by atoms with E-state index in [9.17, 15) is 0 Å². The van der Waals surface area contributed by atoms with Crippen LogP contribution in [0.3, 0.4) is 0 Å². The number of hydrogen-bond donors (Lipinski definition) is 2. The van der Waals surface area contributed by atoms with Crippen LogP contribution in [0.2, 0.25) is 0 Å². The summed E-state index contributed by atoms with van der Waals surface area (Å²) in [5, 5.41) is 6.83. The molecule has 1 fully saturated rings. The van der Waals surface area contributed by atoms with Crippen molar-refractivity contribution in [2.45, 2.75) is 65.5 Å². The van der Waals surface area contributed by atoms with Crippen molar-refractivity contribution >= 4 is 11.6 Å². The molecule has 3 rings (SSSR count). The Morgan fingerprint density at radius 3 is 2.69 bits per heavy atom. The minimum absolute atomic E-state index is 0.0490. The van der Waals surface area contributed by atoms with Gasteiger partial charge in [0.1, 0.15) is 12.3 Å².